The number of likely N-dealkylation sites (tertiary alicyclic amines) is 1. The highest BCUT2D eigenvalue weighted by molar-refractivity contribution is 7.20. The van der Waals surface area contributed by atoms with E-state index >= 15 is 0 Å². The number of piperidine rings is 1. The average Bonchev–Trinajstić information content (AvgIpc) is 3.03. The molecule has 0 radical (unpaired) electrons. The highest BCUT2D eigenvalue weighted by atomic mass is 32.1. The highest BCUT2D eigenvalue weighted by Gasteiger charge is 2.24. The molecule has 8 nitrogen and oxygen atoms in total. The number of aliphatic hydroxyl groups excluding tert-OH is 1. The molecule has 1 saturated heterocycles. The molecule has 1 N–H and O–H groups in total. The number of carbonyl (C=O) groups is 1. The summed E-state index contributed by atoms with van der Waals surface area (Å²) in [5, 5.41) is 9.67. The topological polar surface area (TPSA) is 93.8 Å². The van der Waals surface area contributed by atoms with Crippen LogP contribution in [0.25, 0.3) is 10.2 Å². The minimum absolute atomic E-state index is 0.0681. The molecular weight excluding hydrogens is 382 g/mol. The molecule has 3 rings (SSSR count). The Kier molecular flexibility index (Phi) is 6.69. The number of aryl methyl sites for hydroxylation is 1. The second kappa shape index (κ2) is 9.02. The van der Waals surface area contributed by atoms with E-state index in [4.69, 9.17) is 4.74 Å². The summed E-state index contributed by atoms with van der Waals surface area (Å²) in [7, 11) is 0. The van der Waals surface area contributed by atoms with Crippen LogP contribution in [0.4, 0.5) is 0 Å². The number of aromatic nitrogens is 2. The lowest BCUT2D eigenvalue weighted by molar-refractivity contribution is 0.0531. The number of thiophene rings is 1. The van der Waals surface area contributed by atoms with Crippen molar-refractivity contribution in [2.24, 2.45) is 0 Å². The fourth-order valence-corrected chi connectivity index (χ4v) is 4.92. The van der Waals surface area contributed by atoms with Gasteiger partial charge in [0.15, 0.2) is 0 Å². The molecule has 2 aromatic heterocycles. The SMILES string of the molecule is CCOC(=O)c1sc2c(c1C)c(=O)n(CCO)c(=O)n2CCN1CCCCC1. The molecule has 154 valence electrons. The zero-order valence-electron chi connectivity index (χ0n) is 16.4. The van der Waals surface area contributed by atoms with Crippen LogP contribution in [-0.2, 0) is 17.8 Å². The Morgan fingerprint density at radius 3 is 2.46 bits per heavy atom. The Hall–Kier alpha value is -1.97. The van der Waals surface area contributed by atoms with Gasteiger partial charge in [0.25, 0.3) is 5.56 Å². The molecule has 2 aromatic rings. The van der Waals surface area contributed by atoms with Gasteiger partial charge >= 0.3 is 11.7 Å². The molecule has 1 aliphatic rings. The first-order valence-corrected chi connectivity index (χ1v) is 10.6. The van der Waals surface area contributed by atoms with Crippen LogP contribution < -0.4 is 11.2 Å². The maximum absolute atomic E-state index is 13.0. The fourth-order valence-electron chi connectivity index (χ4n) is 3.70. The van der Waals surface area contributed by atoms with E-state index in [-0.39, 0.29) is 19.8 Å². The highest BCUT2D eigenvalue weighted by Crippen LogP contribution is 2.28. The van der Waals surface area contributed by atoms with E-state index in [1.807, 2.05) is 0 Å². The van der Waals surface area contributed by atoms with Gasteiger partial charge in [-0.05, 0) is 45.3 Å². The van der Waals surface area contributed by atoms with Gasteiger partial charge in [0.05, 0.1) is 25.1 Å². The van der Waals surface area contributed by atoms with Crippen LogP contribution in [0.1, 0.15) is 41.4 Å². The number of ether oxygens (including phenoxy) is 1. The number of nitrogens with zero attached hydrogens (tertiary/aromatic N) is 3. The summed E-state index contributed by atoms with van der Waals surface area (Å²) in [4.78, 5) is 41.3. The molecule has 9 heteroatoms. The van der Waals surface area contributed by atoms with Gasteiger partial charge in [-0.3, -0.25) is 13.9 Å². The third-order valence-corrected chi connectivity index (χ3v) is 6.46. The second-order valence-electron chi connectivity index (χ2n) is 6.97. The Bertz CT molecular complexity index is 969. The molecule has 0 unspecified atom stereocenters. The Morgan fingerprint density at radius 2 is 1.82 bits per heavy atom. The van der Waals surface area contributed by atoms with Crippen molar-refractivity contribution in [2.75, 3.05) is 32.8 Å². The summed E-state index contributed by atoms with van der Waals surface area (Å²) < 4.78 is 7.74. The lowest BCUT2D eigenvalue weighted by Crippen LogP contribution is -2.42. The molecule has 0 amide bonds. The van der Waals surface area contributed by atoms with Crippen LogP contribution in [-0.4, -0.2) is 58.0 Å². The minimum Gasteiger partial charge on any atom is -0.462 e. The predicted octanol–water partition coefficient (Wildman–Crippen LogP) is 1.19. The number of fused-ring (bicyclic) bond motifs is 1. The van der Waals surface area contributed by atoms with Gasteiger partial charge in [-0.2, -0.15) is 0 Å². The van der Waals surface area contributed by atoms with Crippen LogP contribution in [0, 0.1) is 6.92 Å². The van der Waals surface area contributed by atoms with E-state index < -0.39 is 17.2 Å². The van der Waals surface area contributed by atoms with E-state index in [2.05, 4.69) is 4.90 Å². The first kappa shape index (κ1) is 20.8. The monoisotopic (exact) mass is 409 g/mol. The van der Waals surface area contributed by atoms with Crippen molar-refractivity contribution >= 4 is 27.5 Å². The van der Waals surface area contributed by atoms with Crippen LogP contribution in [0.15, 0.2) is 9.59 Å². The number of hydrogen-bond acceptors (Lipinski definition) is 7. The summed E-state index contributed by atoms with van der Waals surface area (Å²) in [5.41, 5.74) is -0.380. The van der Waals surface area contributed by atoms with E-state index in [1.54, 1.807) is 18.4 Å². The minimum atomic E-state index is -0.482. The van der Waals surface area contributed by atoms with Crippen LogP contribution in [0.3, 0.4) is 0 Å². The number of hydrogen-bond donors (Lipinski definition) is 1. The van der Waals surface area contributed by atoms with Crippen molar-refractivity contribution < 1.29 is 14.6 Å². The van der Waals surface area contributed by atoms with E-state index in [0.29, 0.717) is 33.7 Å². The van der Waals surface area contributed by atoms with Gasteiger partial charge in [-0.25, -0.2) is 9.59 Å². The zero-order chi connectivity index (χ0) is 20.3. The zero-order valence-corrected chi connectivity index (χ0v) is 17.2. The maximum Gasteiger partial charge on any atom is 0.348 e. The third-order valence-electron chi connectivity index (χ3n) is 5.17. The smallest absolute Gasteiger partial charge is 0.348 e. The first-order valence-electron chi connectivity index (χ1n) is 9.76. The summed E-state index contributed by atoms with van der Waals surface area (Å²) in [6.45, 7) is 6.45. The largest absolute Gasteiger partial charge is 0.462 e. The van der Waals surface area contributed by atoms with E-state index in [0.717, 1.165) is 41.8 Å². The van der Waals surface area contributed by atoms with Crippen LogP contribution in [0.2, 0.25) is 0 Å². The fraction of sp³-hybridized carbons (Fsp3) is 0.632. The van der Waals surface area contributed by atoms with E-state index in [9.17, 15) is 19.5 Å². The molecule has 3 heterocycles. The molecule has 0 aromatic carbocycles. The molecule has 1 aliphatic heterocycles. The quantitative estimate of drug-likeness (QED) is 0.691. The normalized spacial score (nSPS) is 15.2. The average molecular weight is 410 g/mol. The van der Waals surface area contributed by atoms with Gasteiger partial charge in [0.2, 0.25) is 0 Å². The first-order chi connectivity index (χ1) is 13.5. The summed E-state index contributed by atoms with van der Waals surface area (Å²) in [6.07, 6.45) is 3.54. The van der Waals surface area contributed by atoms with Gasteiger partial charge < -0.3 is 14.7 Å². The summed E-state index contributed by atoms with van der Waals surface area (Å²) in [6, 6.07) is 0. The molecule has 0 bridgehead atoms. The number of aliphatic hydroxyl groups is 1. The lowest BCUT2D eigenvalue weighted by atomic mass is 10.1. The van der Waals surface area contributed by atoms with Crippen molar-refractivity contribution in [3.63, 3.8) is 0 Å². The van der Waals surface area contributed by atoms with Gasteiger partial charge in [0, 0.05) is 13.1 Å². The van der Waals surface area contributed by atoms with E-state index in [1.165, 1.54) is 6.42 Å². The second-order valence-corrected chi connectivity index (χ2v) is 7.97. The number of rotatable bonds is 7. The standard InChI is InChI=1S/C19H27N3O5S/c1-3-27-18(25)15-13(2)14-16(24)21(11-12-23)19(26)22(17(14)28-15)10-9-20-7-5-4-6-8-20/h23H,3-12H2,1-2H3. The Balaban J connectivity index is 2.11. The van der Waals surface area contributed by atoms with Crippen LogP contribution >= 0.6 is 11.3 Å². The number of esters is 1. The molecule has 1 fully saturated rings. The van der Waals surface area contributed by atoms with Crippen molar-refractivity contribution in [2.45, 2.75) is 46.2 Å². The predicted molar refractivity (Wildman–Crippen MR) is 108 cm³/mol. The molecule has 0 atom stereocenters. The van der Waals surface area contributed by atoms with Gasteiger partial charge in [-0.1, -0.05) is 6.42 Å². The summed E-state index contributed by atoms with van der Waals surface area (Å²) >= 11 is 1.13. The van der Waals surface area contributed by atoms with Gasteiger partial charge in [-0.15, -0.1) is 11.3 Å². The van der Waals surface area contributed by atoms with Crippen molar-refractivity contribution in [1.82, 2.24) is 14.0 Å². The Labute approximate surface area is 167 Å². The molecular formula is C19H27N3O5S. The van der Waals surface area contributed by atoms with Gasteiger partial charge in [0.1, 0.15) is 9.71 Å². The molecule has 0 spiro atoms. The van der Waals surface area contributed by atoms with Crippen LogP contribution in [0.5, 0.6) is 0 Å². The third kappa shape index (κ3) is 3.92. The molecule has 28 heavy (non-hydrogen) atoms. The molecule has 0 aliphatic carbocycles. The lowest BCUT2D eigenvalue weighted by Gasteiger charge is -2.26. The van der Waals surface area contributed by atoms with Crippen molar-refractivity contribution in [3.05, 3.63) is 31.3 Å². The summed E-state index contributed by atoms with van der Waals surface area (Å²) in [5.74, 6) is -0.482. The van der Waals surface area contributed by atoms with Crippen molar-refractivity contribution in [1.29, 1.82) is 0 Å². The number of carbonyl (C=O) groups excluding carboxylic acids is 1. The Morgan fingerprint density at radius 1 is 1.11 bits per heavy atom. The van der Waals surface area contributed by atoms with Crippen molar-refractivity contribution in [3.8, 4) is 0 Å². The molecule has 0 saturated carbocycles. The maximum atomic E-state index is 13.0.